The van der Waals surface area contributed by atoms with Crippen LogP contribution in [0.25, 0.3) is 22.2 Å². The Labute approximate surface area is 215 Å². The molecular weight excluding hydrogens is 495 g/mol. The van der Waals surface area contributed by atoms with E-state index in [1.165, 1.54) is 13.2 Å². The van der Waals surface area contributed by atoms with Gasteiger partial charge in [-0.1, -0.05) is 30.3 Å². The van der Waals surface area contributed by atoms with Gasteiger partial charge in [-0.3, -0.25) is 9.13 Å². The lowest BCUT2D eigenvalue weighted by Crippen LogP contribution is -2.31. The Bertz CT molecular complexity index is 1640. The van der Waals surface area contributed by atoms with Crippen LogP contribution in [0.5, 0.6) is 11.5 Å². The zero-order valence-electron chi connectivity index (χ0n) is 21.0. The molecule has 1 atom stereocenters. The van der Waals surface area contributed by atoms with Gasteiger partial charge in [-0.05, 0) is 61.2 Å². The number of rotatable bonds is 9. The van der Waals surface area contributed by atoms with Crippen molar-refractivity contribution in [2.45, 2.75) is 31.8 Å². The molecule has 3 aromatic carbocycles. The van der Waals surface area contributed by atoms with E-state index in [9.17, 15) is 17.6 Å². The van der Waals surface area contributed by atoms with Gasteiger partial charge in [0.15, 0.2) is 11.5 Å². The largest absolute Gasteiger partial charge is 0.493 e. The van der Waals surface area contributed by atoms with Crippen molar-refractivity contribution >= 4 is 20.9 Å². The molecule has 0 bridgehead atoms. The number of methoxy groups -OCH3 is 1. The van der Waals surface area contributed by atoms with Crippen LogP contribution in [-0.2, 0) is 9.84 Å². The quantitative estimate of drug-likeness (QED) is 0.308. The van der Waals surface area contributed by atoms with Gasteiger partial charge in [-0.2, -0.15) is 0 Å². The maximum Gasteiger partial charge on any atom is 0.329 e. The normalized spacial score (nSPS) is 14.6. The molecule has 1 saturated carbocycles. The molecule has 0 unspecified atom stereocenters. The van der Waals surface area contributed by atoms with Gasteiger partial charge in [0.25, 0.3) is 0 Å². The Morgan fingerprint density at radius 1 is 1.03 bits per heavy atom. The molecule has 194 valence electrons. The van der Waals surface area contributed by atoms with Crippen LogP contribution >= 0.6 is 0 Å². The van der Waals surface area contributed by atoms with Crippen LogP contribution in [0, 0.1) is 5.82 Å². The smallest absolute Gasteiger partial charge is 0.329 e. The summed E-state index contributed by atoms with van der Waals surface area (Å²) in [6.45, 7) is 2.25. The monoisotopic (exact) mass is 524 g/mol. The second-order valence-corrected chi connectivity index (χ2v) is 11.6. The lowest BCUT2D eigenvalue weighted by atomic mass is 10.0. The molecule has 0 radical (unpaired) electrons. The van der Waals surface area contributed by atoms with Crippen molar-refractivity contribution in [2.75, 3.05) is 25.7 Å². The van der Waals surface area contributed by atoms with Crippen LogP contribution in [0.4, 0.5) is 4.39 Å². The number of hydrogen-bond acceptors (Lipinski definition) is 5. The molecule has 1 aliphatic rings. The number of hydrogen-bond donors (Lipinski definition) is 0. The van der Waals surface area contributed by atoms with E-state index in [0.717, 1.165) is 19.1 Å². The van der Waals surface area contributed by atoms with Gasteiger partial charge in [0.05, 0.1) is 36.5 Å². The summed E-state index contributed by atoms with van der Waals surface area (Å²) in [5.74, 6) is 0.370. The van der Waals surface area contributed by atoms with Crippen LogP contribution in [0.2, 0.25) is 0 Å². The second kappa shape index (κ2) is 9.70. The summed E-state index contributed by atoms with van der Waals surface area (Å²) in [5, 5.41) is 0. The molecular formula is C28H29FN2O5S. The number of ether oxygens (including phenoxy) is 2. The van der Waals surface area contributed by atoms with Crippen LogP contribution in [0.3, 0.4) is 0 Å². The predicted molar refractivity (Wildman–Crippen MR) is 142 cm³/mol. The maximum atomic E-state index is 14.6. The lowest BCUT2D eigenvalue weighted by Gasteiger charge is -2.20. The Kier molecular flexibility index (Phi) is 6.58. The minimum absolute atomic E-state index is 0.0286. The van der Waals surface area contributed by atoms with Crippen molar-refractivity contribution in [1.29, 1.82) is 0 Å². The maximum absolute atomic E-state index is 14.6. The molecule has 1 aromatic heterocycles. The fraction of sp³-hybridized carbons (Fsp3) is 0.321. The molecule has 0 amide bonds. The van der Waals surface area contributed by atoms with Crippen LogP contribution in [0.1, 0.15) is 37.4 Å². The molecule has 1 aliphatic carbocycles. The SMILES string of the molecule is CCOc1cc([C@@H](CS(C)(=O)=O)n2c(=O)n(C3CC3)c3cc(-c4ccccc4F)ccc32)ccc1OC. The van der Waals surface area contributed by atoms with E-state index in [1.54, 1.807) is 57.7 Å². The lowest BCUT2D eigenvalue weighted by molar-refractivity contribution is 0.310. The molecule has 0 N–H and O–H groups in total. The number of aromatic nitrogens is 2. The fourth-order valence-electron chi connectivity index (χ4n) is 4.87. The van der Waals surface area contributed by atoms with Crippen LogP contribution in [0.15, 0.2) is 65.5 Å². The third-order valence-corrected chi connectivity index (χ3v) is 7.57. The number of sulfone groups is 1. The Morgan fingerprint density at radius 2 is 1.78 bits per heavy atom. The summed E-state index contributed by atoms with van der Waals surface area (Å²) in [5.41, 5.74) is 2.68. The molecule has 5 rings (SSSR count). The Hall–Kier alpha value is -3.59. The standard InChI is InChI=1S/C28H29FN2O5S/c1-4-36-27-16-19(10-14-26(27)35-2)25(17-37(3,33)34)31-23-13-9-18(21-7-5-6-8-22(21)29)15-24(23)30(28(31)32)20-11-12-20/h5-10,13-16,20,25H,4,11-12,17H2,1-3H3/t25-/m1/s1. The van der Waals surface area contributed by atoms with Crippen molar-refractivity contribution in [2.24, 2.45) is 0 Å². The predicted octanol–water partition coefficient (Wildman–Crippen LogP) is 4.99. The molecule has 37 heavy (non-hydrogen) atoms. The number of halogens is 1. The number of benzene rings is 3. The first kappa shape index (κ1) is 25.1. The van der Waals surface area contributed by atoms with Gasteiger partial charge in [-0.25, -0.2) is 17.6 Å². The van der Waals surface area contributed by atoms with E-state index in [4.69, 9.17) is 9.47 Å². The molecule has 9 heteroatoms. The minimum Gasteiger partial charge on any atom is -0.493 e. The van der Waals surface area contributed by atoms with Gasteiger partial charge in [-0.15, -0.1) is 0 Å². The summed E-state index contributed by atoms with van der Waals surface area (Å²) in [7, 11) is -1.95. The van der Waals surface area contributed by atoms with Crippen LogP contribution in [-0.4, -0.2) is 43.3 Å². The van der Waals surface area contributed by atoms with Gasteiger partial charge in [0, 0.05) is 17.9 Å². The fourth-order valence-corrected chi connectivity index (χ4v) is 5.78. The first-order chi connectivity index (χ1) is 17.7. The van der Waals surface area contributed by atoms with Crippen molar-refractivity contribution in [3.05, 3.63) is 82.5 Å². The van der Waals surface area contributed by atoms with Crippen molar-refractivity contribution < 1.29 is 22.3 Å². The average molecular weight is 525 g/mol. The first-order valence-corrected chi connectivity index (χ1v) is 14.3. The molecule has 1 fully saturated rings. The molecule has 1 heterocycles. The summed E-state index contributed by atoms with van der Waals surface area (Å²) in [4.78, 5) is 13.9. The van der Waals surface area contributed by atoms with Gasteiger partial charge in [0.2, 0.25) is 0 Å². The second-order valence-electron chi connectivity index (χ2n) is 9.39. The van der Waals surface area contributed by atoms with Crippen LogP contribution < -0.4 is 15.2 Å². The van der Waals surface area contributed by atoms with E-state index in [2.05, 4.69) is 0 Å². The van der Waals surface area contributed by atoms with Crippen molar-refractivity contribution in [3.8, 4) is 22.6 Å². The van der Waals surface area contributed by atoms with Crippen molar-refractivity contribution in [3.63, 3.8) is 0 Å². The molecule has 0 aliphatic heterocycles. The zero-order valence-corrected chi connectivity index (χ0v) is 21.8. The summed E-state index contributed by atoms with van der Waals surface area (Å²) in [6, 6.07) is 16.3. The van der Waals surface area contributed by atoms with Crippen molar-refractivity contribution in [1.82, 2.24) is 9.13 Å². The Balaban J connectivity index is 1.75. The highest BCUT2D eigenvalue weighted by Gasteiger charge is 2.32. The third kappa shape index (κ3) is 4.87. The topological polar surface area (TPSA) is 79.5 Å². The number of nitrogens with zero attached hydrogens (tertiary/aromatic N) is 2. The van der Waals surface area contributed by atoms with Gasteiger partial charge in [0.1, 0.15) is 15.7 Å². The van der Waals surface area contributed by atoms with E-state index in [1.807, 2.05) is 13.0 Å². The minimum atomic E-state index is -3.49. The first-order valence-electron chi connectivity index (χ1n) is 12.2. The van der Waals surface area contributed by atoms with E-state index >= 15 is 0 Å². The Morgan fingerprint density at radius 3 is 2.43 bits per heavy atom. The highest BCUT2D eigenvalue weighted by molar-refractivity contribution is 7.90. The van der Waals surface area contributed by atoms with E-state index in [-0.39, 0.29) is 23.3 Å². The summed E-state index contributed by atoms with van der Waals surface area (Å²) >= 11 is 0. The molecule has 0 saturated heterocycles. The van der Waals surface area contributed by atoms with Gasteiger partial charge < -0.3 is 9.47 Å². The highest BCUT2D eigenvalue weighted by atomic mass is 32.2. The summed E-state index contributed by atoms with van der Waals surface area (Å²) < 4.78 is 54.1. The van der Waals surface area contributed by atoms with E-state index < -0.39 is 15.9 Å². The summed E-state index contributed by atoms with van der Waals surface area (Å²) in [6.07, 6.45) is 2.88. The molecule has 4 aromatic rings. The highest BCUT2D eigenvalue weighted by Crippen LogP contribution is 2.39. The molecule has 0 spiro atoms. The zero-order chi connectivity index (χ0) is 26.3. The van der Waals surface area contributed by atoms with Gasteiger partial charge >= 0.3 is 5.69 Å². The third-order valence-electron chi connectivity index (χ3n) is 6.65. The average Bonchev–Trinajstić information content (AvgIpc) is 3.65. The van der Waals surface area contributed by atoms with E-state index in [0.29, 0.717) is 45.8 Å². The number of imidazole rings is 1. The molecule has 7 nitrogen and oxygen atoms in total. The number of fused-ring (bicyclic) bond motifs is 1.